The lowest BCUT2D eigenvalue weighted by Crippen LogP contribution is -2.52. The Kier molecular flexibility index (Phi) is 7.25. The molecule has 2 amide bonds. The van der Waals surface area contributed by atoms with Crippen LogP contribution in [0.3, 0.4) is 0 Å². The molecular weight excluding hydrogens is 400 g/mol. The van der Waals surface area contributed by atoms with Crippen LogP contribution in [0.2, 0.25) is 0 Å². The summed E-state index contributed by atoms with van der Waals surface area (Å²) in [6.07, 6.45) is 4.26. The standard InChI is InChI=1S/C22H28N4O3S/c1-18(20-9-11-21(12-10-20)30(23,28)29)24-22(27)26-16-14-25(15-17-26)13-5-8-19-6-3-2-4-7-19/h2-12,18H,13-17H2,1H3,(H,24,27)(H2,23,28,29)/b8-5+. The summed E-state index contributed by atoms with van der Waals surface area (Å²) in [6, 6.07) is 16.1. The Morgan fingerprint density at radius 1 is 1.07 bits per heavy atom. The molecule has 1 aliphatic rings. The first-order valence-corrected chi connectivity index (χ1v) is 11.5. The Balaban J connectivity index is 1.45. The van der Waals surface area contributed by atoms with Crippen LogP contribution in [-0.4, -0.2) is 57.0 Å². The number of nitrogens with two attached hydrogens (primary N) is 1. The molecule has 1 unspecified atom stereocenters. The maximum absolute atomic E-state index is 12.6. The van der Waals surface area contributed by atoms with Gasteiger partial charge in [-0.25, -0.2) is 18.4 Å². The quantitative estimate of drug-likeness (QED) is 0.739. The Hall–Kier alpha value is -2.68. The van der Waals surface area contributed by atoms with E-state index in [2.05, 4.69) is 34.5 Å². The zero-order valence-electron chi connectivity index (χ0n) is 17.1. The zero-order valence-corrected chi connectivity index (χ0v) is 17.9. The molecule has 30 heavy (non-hydrogen) atoms. The average molecular weight is 429 g/mol. The van der Waals surface area contributed by atoms with Gasteiger partial charge in [0.1, 0.15) is 0 Å². The van der Waals surface area contributed by atoms with Crippen LogP contribution in [-0.2, 0) is 10.0 Å². The molecule has 8 heteroatoms. The topological polar surface area (TPSA) is 95.7 Å². The number of amides is 2. The monoisotopic (exact) mass is 428 g/mol. The van der Waals surface area contributed by atoms with E-state index < -0.39 is 10.0 Å². The maximum atomic E-state index is 12.6. The molecule has 0 bridgehead atoms. The number of benzene rings is 2. The molecule has 160 valence electrons. The van der Waals surface area contributed by atoms with Crippen molar-refractivity contribution in [3.63, 3.8) is 0 Å². The molecule has 1 saturated heterocycles. The SMILES string of the molecule is CC(NC(=O)N1CCN(C/C=C/c2ccccc2)CC1)c1ccc(S(N)(=O)=O)cc1. The molecule has 0 spiro atoms. The van der Waals surface area contributed by atoms with Gasteiger partial charge in [0.25, 0.3) is 0 Å². The Bertz CT molecular complexity index is 967. The van der Waals surface area contributed by atoms with Crippen LogP contribution >= 0.6 is 0 Å². The van der Waals surface area contributed by atoms with Gasteiger partial charge in [-0.1, -0.05) is 54.6 Å². The van der Waals surface area contributed by atoms with Crippen LogP contribution in [0.1, 0.15) is 24.1 Å². The van der Waals surface area contributed by atoms with Gasteiger partial charge in [-0.3, -0.25) is 4.90 Å². The number of nitrogens with one attached hydrogen (secondary N) is 1. The third kappa shape index (κ3) is 6.16. The summed E-state index contributed by atoms with van der Waals surface area (Å²) in [6.45, 7) is 5.71. The highest BCUT2D eigenvalue weighted by atomic mass is 32.2. The van der Waals surface area contributed by atoms with E-state index in [-0.39, 0.29) is 17.0 Å². The number of hydrogen-bond donors (Lipinski definition) is 2. The number of carbonyl (C=O) groups excluding carboxylic acids is 1. The number of sulfonamides is 1. The lowest BCUT2D eigenvalue weighted by Gasteiger charge is -2.34. The molecule has 2 aromatic rings. The van der Waals surface area contributed by atoms with Crippen LogP contribution < -0.4 is 10.5 Å². The van der Waals surface area contributed by atoms with Crippen molar-refractivity contribution in [3.8, 4) is 0 Å². The predicted octanol–water partition coefficient (Wildman–Crippen LogP) is 2.44. The molecule has 1 fully saturated rings. The number of nitrogens with zero attached hydrogens (tertiary/aromatic N) is 2. The number of rotatable bonds is 6. The van der Waals surface area contributed by atoms with Crippen molar-refractivity contribution in [1.82, 2.24) is 15.1 Å². The third-order valence-corrected chi connectivity index (χ3v) is 6.11. The Morgan fingerprint density at radius 3 is 2.30 bits per heavy atom. The Labute approximate surface area is 178 Å². The van der Waals surface area contributed by atoms with Crippen molar-refractivity contribution in [2.75, 3.05) is 32.7 Å². The van der Waals surface area contributed by atoms with E-state index in [0.29, 0.717) is 13.1 Å². The van der Waals surface area contributed by atoms with E-state index in [0.717, 1.165) is 25.2 Å². The minimum Gasteiger partial charge on any atom is -0.331 e. The first-order valence-electron chi connectivity index (χ1n) is 9.95. The zero-order chi connectivity index (χ0) is 21.6. The van der Waals surface area contributed by atoms with Gasteiger partial charge in [0, 0.05) is 32.7 Å². The minimum atomic E-state index is -3.72. The second-order valence-corrected chi connectivity index (χ2v) is 8.95. The lowest BCUT2D eigenvalue weighted by atomic mass is 10.1. The average Bonchev–Trinajstić information content (AvgIpc) is 2.74. The minimum absolute atomic E-state index is 0.0576. The summed E-state index contributed by atoms with van der Waals surface area (Å²) in [4.78, 5) is 16.8. The van der Waals surface area contributed by atoms with Gasteiger partial charge in [0.2, 0.25) is 10.0 Å². The highest BCUT2D eigenvalue weighted by molar-refractivity contribution is 7.89. The van der Waals surface area contributed by atoms with Gasteiger partial charge >= 0.3 is 6.03 Å². The van der Waals surface area contributed by atoms with E-state index in [1.54, 1.807) is 12.1 Å². The van der Waals surface area contributed by atoms with Crippen molar-refractivity contribution >= 4 is 22.1 Å². The van der Waals surface area contributed by atoms with E-state index in [4.69, 9.17) is 5.14 Å². The molecule has 7 nitrogen and oxygen atoms in total. The number of urea groups is 1. The molecule has 3 N–H and O–H groups in total. The summed E-state index contributed by atoms with van der Waals surface area (Å²) >= 11 is 0. The highest BCUT2D eigenvalue weighted by Gasteiger charge is 2.22. The number of piperazine rings is 1. The van der Waals surface area contributed by atoms with Crippen LogP contribution in [0.4, 0.5) is 4.79 Å². The fourth-order valence-electron chi connectivity index (χ4n) is 3.34. The van der Waals surface area contributed by atoms with Gasteiger partial charge in [-0.05, 0) is 30.2 Å². The first kappa shape index (κ1) is 22.0. The van der Waals surface area contributed by atoms with Crippen LogP contribution in [0, 0.1) is 0 Å². The second-order valence-electron chi connectivity index (χ2n) is 7.39. The fourth-order valence-corrected chi connectivity index (χ4v) is 3.86. The smallest absolute Gasteiger partial charge is 0.317 e. The van der Waals surface area contributed by atoms with Crippen LogP contribution in [0.25, 0.3) is 6.08 Å². The van der Waals surface area contributed by atoms with Crippen molar-refractivity contribution in [1.29, 1.82) is 0 Å². The van der Waals surface area contributed by atoms with Crippen molar-refractivity contribution in [3.05, 3.63) is 71.8 Å². The number of primary sulfonamides is 1. The molecule has 0 aliphatic carbocycles. The first-order chi connectivity index (χ1) is 14.3. The van der Waals surface area contributed by atoms with E-state index >= 15 is 0 Å². The normalized spacial score (nSPS) is 16.5. The number of carbonyl (C=O) groups is 1. The molecule has 0 radical (unpaired) electrons. The molecule has 0 aromatic heterocycles. The lowest BCUT2D eigenvalue weighted by molar-refractivity contribution is 0.145. The summed E-state index contributed by atoms with van der Waals surface area (Å²) in [5.74, 6) is 0. The summed E-state index contributed by atoms with van der Waals surface area (Å²) in [7, 11) is -3.72. The van der Waals surface area contributed by atoms with E-state index in [1.807, 2.05) is 30.0 Å². The van der Waals surface area contributed by atoms with Gasteiger partial charge in [-0.15, -0.1) is 0 Å². The Morgan fingerprint density at radius 2 is 1.70 bits per heavy atom. The molecule has 2 aromatic carbocycles. The highest BCUT2D eigenvalue weighted by Crippen LogP contribution is 2.16. The van der Waals surface area contributed by atoms with E-state index in [9.17, 15) is 13.2 Å². The molecule has 1 heterocycles. The van der Waals surface area contributed by atoms with Crippen molar-refractivity contribution < 1.29 is 13.2 Å². The van der Waals surface area contributed by atoms with Crippen molar-refractivity contribution in [2.45, 2.75) is 17.9 Å². The largest absolute Gasteiger partial charge is 0.331 e. The molecule has 0 saturated carbocycles. The third-order valence-electron chi connectivity index (χ3n) is 5.18. The molecular formula is C22H28N4O3S. The molecule has 1 aliphatic heterocycles. The van der Waals surface area contributed by atoms with E-state index in [1.165, 1.54) is 17.7 Å². The molecule has 1 atom stereocenters. The van der Waals surface area contributed by atoms with Gasteiger partial charge in [0.05, 0.1) is 10.9 Å². The summed E-state index contributed by atoms with van der Waals surface area (Å²) < 4.78 is 22.7. The van der Waals surface area contributed by atoms with Crippen LogP contribution in [0.15, 0.2) is 65.6 Å². The summed E-state index contributed by atoms with van der Waals surface area (Å²) in [5.41, 5.74) is 2.00. The van der Waals surface area contributed by atoms with Gasteiger partial charge in [0.15, 0.2) is 0 Å². The molecule has 3 rings (SSSR count). The maximum Gasteiger partial charge on any atom is 0.317 e. The predicted molar refractivity (Wildman–Crippen MR) is 118 cm³/mol. The van der Waals surface area contributed by atoms with Gasteiger partial charge in [-0.2, -0.15) is 0 Å². The van der Waals surface area contributed by atoms with Crippen molar-refractivity contribution in [2.24, 2.45) is 5.14 Å². The fraction of sp³-hybridized carbons (Fsp3) is 0.318. The van der Waals surface area contributed by atoms with Crippen LogP contribution in [0.5, 0.6) is 0 Å². The second kappa shape index (κ2) is 9.88. The summed E-state index contributed by atoms with van der Waals surface area (Å²) in [5, 5.41) is 8.10. The number of hydrogen-bond acceptors (Lipinski definition) is 4. The van der Waals surface area contributed by atoms with Gasteiger partial charge < -0.3 is 10.2 Å².